The molecule has 2 aliphatic carbocycles. The van der Waals surface area contributed by atoms with Gasteiger partial charge in [-0.1, -0.05) is 6.42 Å². The molecule has 0 spiro atoms. The van der Waals surface area contributed by atoms with Crippen molar-refractivity contribution in [2.45, 2.75) is 51.1 Å². The van der Waals surface area contributed by atoms with Crippen LogP contribution in [0, 0.1) is 17.7 Å². The predicted octanol–water partition coefficient (Wildman–Crippen LogP) is 2.42. The van der Waals surface area contributed by atoms with Gasteiger partial charge >= 0.3 is 0 Å². The Morgan fingerprint density at radius 2 is 1.88 bits per heavy atom. The first kappa shape index (κ1) is 16.9. The summed E-state index contributed by atoms with van der Waals surface area (Å²) in [4.78, 5) is 23.7. The van der Waals surface area contributed by atoms with Gasteiger partial charge in [-0.05, 0) is 55.7 Å². The van der Waals surface area contributed by atoms with Crippen molar-refractivity contribution in [3.05, 3.63) is 29.6 Å². The van der Waals surface area contributed by atoms with Crippen molar-refractivity contribution in [3.8, 4) is 0 Å². The second-order valence-corrected chi connectivity index (χ2v) is 7.06. The minimum Gasteiger partial charge on any atom is -0.349 e. The second-order valence-electron chi connectivity index (χ2n) is 7.06. The summed E-state index contributed by atoms with van der Waals surface area (Å²) in [5.74, 6) is -0.304. The number of nitrogens with one attached hydrogen (secondary N) is 2. The van der Waals surface area contributed by atoms with E-state index in [1.165, 1.54) is 31.5 Å². The molecule has 4 N–H and O–H groups in total. The van der Waals surface area contributed by atoms with Crippen LogP contribution in [0.2, 0.25) is 0 Å². The molecule has 5 nitrogen and oxygen atoms in total. The van der Waals surface area contributed by atoms with Gasteiger partial charge in [0.15, 0.2) is 0 Å². The van der Waals surface area contributed by atoms with Gasteiger partial charge in [0, 0.05) is 24.6 Å². The zero-order valence-corrected chi connectivity index (χ0v) is 13.8. The highest BCUT2D eigenvalue weighted by Crippen LogP contribution is 2.39. The number of hydrogen-bond donors (Lipinski definition) is 3. The summed E-state index contributed by atoms with van der Waals surface area (Å²) in [6.45, 7) is 1.30. The second kappa shape index (κ2) is 6.89. The van der Waals surface area contributed by atoms with Crippen molar-refractivity contribution < 1.29 is 14.0 Å². The molecule has 2 aliphatic rings. The van der Waals surface area contributed by atoms with E-state index < -0.39 is 5.82 Å². The number of nitrogens with two attached hydrogens (primary N) is 1. The Kier molecular flexibility index (Phi) is 4.85. The standard InChI is InChI=1S/C18H24FN3O2/c1-10(23)21-16-9-13(5-6-15(16)19)18(24)22-17-11-3-2-4-12(17)8-14(20)7-11/h5-6,9,11-12,14,17H,2-4,7-8,20H2,1H3,(H,21,23)(H,22,24). The van der Waals surface area contributed by atoms with Gasteiger partial charge in [-0.25, -0.2) is 4.39 Å². The molecular weight excluding hydrogens is 309 g/mol. The molecule has 0 aliphatic heterocycles. The Hall–Kier alpha value is -1.95. The maximum absolute atomic E-state index is 13.7. The van der Waals surface area contributed by atoms with Gasteiger partial charge < -0.3 is 16.4 Å². The largest absolute Gasteiger partial charge is 0.349 e. The number of carbonyl (C=O) groups excluding carboxylic acids is 2. The molecule has 3 rings (SSSR count). The number of benzene rings is 1. The average Bonchev–Trinajstić information content (AvgIpc) is 2.50. The van der Waals surface area contributed by atoms with Crippen molar-refractivity contribution in [1.82, 2.24) is 5.32 Å². The van der Waals surface area contributed by atoms with Crippen molar-refractivity contribution in [1.29, 1.82) is 0 Å². The van der Waals surface area contributed by atoms with Crippen LogP contribution in [0.3, 0.4) is 0 Å². The maximum atomic E-state index is 13.7. The van der Waals surface area contributed by atoms with E-state index in [0.717, 1.165) is 25.7 Å². The first-order chi connectivity index (χ1) is 11.4. The van der Waals surface area contributed by atoms with Crippen LogP contribution in [0.25, 0.3) is 0 Å². The first-order valence-corrected chi connectivity index (χ1v) is 8.57. The number of hydrogen-bond acceptors (Lipinski definition) is 3. The Labute approximate surface area is 141 Å². The van der Waals surface area contributed by atoms with Crippen LogP contribution in [0.5, 0.6) is 0 Å². The molecule has 2 amide bonds. The third-order valence-corrected chi connectivity index (χ3v) is 5.21. The summed E-state index contributed by atoms with van der Waals surface area (Å²) in [5, 5.41) is 5.54. The van der Waals surface area contributed by atoms with Gasteiger partial charge in [0.05, 0.1) is 5.69 Å². The quantitative estimate of drug-likeness (QED) is 0.794. The molecule has 24 heavy (non-hydrogen) atoms. The first-order valence-electron chi connectivity index (χ1n) is 8.57. The molecule has 0 radical (unpaired) electrons. The van der Waals surface area contributed by atoms with E-state index in [4.69, 9.17) is 5.73 Å². The lowest BCUT2D eigenvalue weighted by atomic mass is 9.67. The highest BCUT2D eigenvalue weighted by molar-refractivity contribution is 5.97. The lowest BCUT2D eigenvalue weighted by Crippen LogP contribution is -2.53. The molecule has 2 bridgehead atoms. The predicted molar refractivity (Wildman–Crippen MR) is 90.0 cm³/mol. The van der Waals surface area contributed by atoms with Crippen LogP contribution in [0.15, 0.2) is 18.2 Å². The zero-order chi connectivity index (χ0) is 17.3. The summed E-state index contributed by atoms with van der Waals surface area (Å²) in [6.07, 6.45) is 5.27. The Balaban J connectivity index is 1.74. The molecule has 2 unspecified atom stereocenters. The van der Waals surface area contributed by atoms with Crippen LogP contribution in [-0.4, -0.2) is 23.9 Å². The number of halogens is 1. The van der Waals surface area contributed by atoms with Crippen LogP contribution in [0.1, 0.15) is 49.4 Å². The molecule has 0 saturated heterocycles. The highest BCUT2D eigenvalue weighted by Gasteiger charge is 2.39. The Morgan fingerprint density at radius 1 is 1.21 bits per heavy atom. The third-order valence-electron chi connectivity index (χ3n) is 5.21. The van der Waals surface area contributed by atoms with Gasteiger partial charge in [-0.2, -0.15) is 0 Å². The fourth-order valence-corrected chi connectivity index (χ4v) is 4.21. The fraction of sp³-hybridized carbons (Fsp3) is 0.556. The minimum absolute atomic E-state index is 0.0287. The van der Waals surface area contributed by atoms with Gasteiger partial charge in [-0.3, -0.25) is 9.59 Å². The van der Waals surface area contributed by atoms with E-state index >= 15 is 0 Å². The normalized spacial score (nSPS) is 29.0. The molecule has 1 aromatic rings. The van der Waals surface area contributed by atoms with Crippen molar-refractivity contribution >= 4 is 17.5 Å². The SMILES string of the molecule is CC(=O)Nc1cc(C(=O)NC2C3CCCC2CC(N)C3)ccc1F. The van der Waals surface area contributed by atoms with E-state index in [0.29, 0.717) is 17.4 Å². The molecule has 6 heteroatoms. The summed E-state index contributed by atoms with van der Waals surface area (Å²) >= 11 is 0. The van der Waals surface area contributed by atoms with Gasteiger partial charge in [0.1, 0.15) is 5.82 Å². The topological polar surface area (TPSA) is 84.2 Å². The Bertz CT molecular complexity index is 635. The van der Waals surface area contributed by atoms with Crippen LogP contribution >= 0.6 is 0 Å². The zero-order valence-electron chi connectivity index (χ0n) is 13.8. The van der Waals surface area contributed by atoms with Crippen molar-refractivity contribution in [3.63, 3.8) is 0 Å². The van der Waals surface area contributed by atoms with Crippen molar-refractivity contribution in [2.24, 2.45) is 17.6 Å². The number of fused-ring (bicyclic) bond motifs is 2. The molecule has 1 aromatic carbocycles. The summed E-state index contributed by atoms with van der Waals surface area (Å²) in [6, 6.07) is 4.40. The van der Waals surface area contributed by atoms with Crippen LogP contribution in [-0.2, 0) is 4.79 Å². The molecule has 2 atom stereocenters. The van der Waals surface area contributed by atoms with E-state index in [-0.39, 0.29) is 29.6 Å². The maximum Gasteiger partial charge on any atom is 0.251 e. The third kappa shape index (κ3) is 3.59. The van der Waals surface area contributed by atoms with E-state index in [2.05, 4.69) is 10.6 Å². The van der Waals surface area contributed by atoms with Gasteiger partial charge in [0.2, 0.25) is 5.91 Å². The summed E-state index contributed by atoms with van der Waals surface area (Å²) in [5.41, 5.74) is 6.50. The van der Waals surface area contributed by atoms with Crippen molar-refractivity contribution in [2.75, 3.05) is 5.32 Å². The molecule has 130 valence electrons. The van der Waals surface area contributed by atoms with Gasteiger partial charge in [-0.15, -0.1) is 0 Å². The van der Waals surface area contributed by atoms with Crippen LogP contribution in [0.4, 0.5) is 10.1 Å². The number of amides is 2. The van der Waals surface area contributed by atoms with E-state index in [9.17, 15) is 14.0 Å². The summed E-state index contributed by atoms with van der Waals surface area (Å²) in [7, 11) is 0. The monoisotopic (exact) mass is 333 g/mol. The number of carbonyl (C=O) groups is 2. The lowest BCUT2D eigenvalue weighted by Gasteiger charge is -2.45. The Morgan fingerprint density at radius 3 is 2.50 bits per heavy atom. The highest BCUT2D eigenvalue weighted by atomic mass is 19.1. The number of rotatable bonds is 3. The fourth-order valence-electron chi connectivity index (χ4n) is 4.21. The molecular formula is C18H24FN3O2. The average molecular weight is 333 g/mol. The summed E-state index contributed by atoms with van der Waals surface area (Å²) < 4.78 is 13.7. The molecule has 0 heterocycles. The number of anilines is 1. The smallest absolute Gasteiger partial charge is 0.251 e. The van der Waals surface area contributed by atoms with Gasteiger partial charge in [0.25, 0.3) is 5.91 Å². The minimum atomic E-state index is -0.553. The lowest BCUT2D eigenvalue weighted by molar-refractivity contribution is -0.114. The van der Waals surface area contributed by atoms with E-state index in [1.807, 2.05) is 0 Å². The molecule has 2 fully saturated rings. The molecule has 2 saturated carbocycles. The van der Waals surface area contributed by atoms with Crippen LogP contribution < -0.4 is 16.4 Å². The van der Waals surface area contributed by atoms with E-state index in [1.54, 1.807) is 0 Å². The molecule has 0 aromatic heterocycles.